The molecule has 1 heterocycles. The maximum Gasteiger partial charge on any atom is 0.245 e. The Labute approximate surface area is 112 Å². The lowest BCUT2D eigenvalue weighted by molar-refractivity contribution is -0.0112. The molecule has 0 aliphatic carbocycles. The Morgan fingerprint density at radius 3 is 2.94 bits per heavy atom. The van der Waals surface area contributed by atoms with Crippen molar-refractivity contribution in [2.24, 2.45) is 0 Å². The van der Waals surface area contributed by atoms with Gasteiger partial charge in [-0.2, -0.15) is 4.37 Å². The van der Waals surface area contributed by atoms with E-state index < -0.39 is 6.10 Å². The summed E-state index contributed by atoms with van der Waals surface area (Å²) >= 11 is 1.08. The van der Waals surface area contributed by atoms with Crippen LogP contribution in [0.4, 0.5) is 0 Å². The van der Waals surface area contributed by atoms with Gasteiger partial charge in [-0.1, -0.05) is 0 Å². The summed E-state index contributed by atoms with van der Waals surface area (Å²) in [4.78, 5) is 0. The SMILES string of the molecule is CCOC(C)(C)CNCC(O)COc1cnsn1. The second kappa shape index (κ2) is 7.63. The molecule has 0 spiro atoms. The van der Waals surface area contributed by atoms with Gasteiger partial charge >= 0.3 is 0 Å². The summed E-state index contributed by atoms with van der Waals surface area (Å²) in [5, 5.41) is 12.9. The minimum Gasteiger partial charge on any atom is -0.473 e. The minimum atomic E-state index is -0.580. The molecule has 7 heteroatoms. The Hall–Kier alpha value is -0.760. The van der Waals surface area contributed by atoms with E-state index in [1.54, 1.807) is 0 Å². The first kappa shape index (κ1) is 15.3. The topological polar surface area (TPSA) is 76.5 Å². The third-order valence-electron chi connectivity index (χ3n) is 2.23. The van der Waals surface area contributed by atoms with Crippen molar-refractivity contribution in [1.82, 2.24) is 14.1 Å². The van der Waals surface area contributed by atoms with Crippen LogP contribution >= 0.6 is 11.7 Å². The molecule has 18 heavy (non-hydrogen) atoms. The molecule has 1 atom stereocenters. The van der Waals surface area contributed by atoms with Crippen LogP contribution in [0.15, 0.2) is 6.20 Å². The van der Waals surface area contributed by atoms with Gasteiger partial charge in [-0.3, -0.25) is 0 Å². The van der Waals surface area contributed by atoms with E-state index in [2.05, 4.69) is 14.1 Å². The summed E-state index contributed by atoms with van der Waals surface area (Å²) in [6.07, 6.45) is 0.951. The average molecular weight is 275 g/mol. The quantitative estimate of drug-likeness (QED) is 0.690. The Balaban J connectivity index is 2.11. The Bertz CT molecular complexity index is 319. The first-order valence-corrected chi connectivity index (χ1v) is 6.69. The van der Waals surface area contributed by atoms with Crippen LogP contribution in [0.5, 0.6) is 5.88 Å². The minimum absolute atomic E-state index is 0.202. The largest absolute Gasteiger partial charge is 0.473 e. The van der Waals surface area contributed by atoms with Crippen molar-refractivity contribution in [2.45, 2.75) is 32.5 Å². The Morgan fingerprint density at radius 2 is 2.33 bits per heavy atom. The maximum atomic E-state index is 9.70. The van der Waals surface area contributed by atoms with Gasteiger partial charge in [0.2, 0.25) is 5.88 Å². The normalized spacial score (nSPS) is 13.6. The summed E-state index contributed by atoms with van der Waals surface area (Å²) in [5.74, 6) is 0.452. The molecule has 1 rings (SSSR count). The fourth-order valence-electron chi connectivity index (χ4n) is 1.44. The molecule has 0 saturated carbocycles. The number of nitrogens with one attached hydrogen (secondary N) is 1. The summed E-state index contributed by atoms with van der Waals surface area (Å²) in [6.45, 7) is 7.99. The van der Waals surface area contributed by atoms with E-state index in [4.69, 9.17) is 9.47 Å². The van der Waals surface area contributed by atoms with Gasteiger partial charge in [0.05, 0.1) is 17.3 Å². The number of aliphatic hydroxyl groups excluding tert-OH is 1. The molecule has 104 valence electrons. The molecule has 0 aliphatic heterocycles. The van der Waals surface area contributed by atoms with E-state index in [0.29, 0.717) is 25.6 Å². The fraction of sp³-hybridized carbons (Fsp3) is 0.818. The predicted octanol–water partition coefficient (Wildman–Crippen LogP) is 0.682. The molecule has 6 nitrogen and oxygen atoms in total. The lowest BCUT2D eigenvalue weighted by atomic mass is 10.1. The highest BCUT2D eigenvalue weighted by atomic mass is 32.1. The van der Waals surface area contributed by atoms with Crippen molar-refractivity contribution in [2.75, 3.05) is 26.3 Å². The van der Waals surface area contributed by atoms with Crippen molar-refractivity contribution < 1.29 is 14.6 Å². The van der Waals surface area contributed by atoms with Crippen molar-refractivity contribution >= 4 is 11.7 Å². The molecular weight excluding hydrogens is 254 g/mol. The van der Waals surface area contributed by atoms with Crippen LogP contribution in [0, 0.1) is 0 Å². The first-order chi connectivity index (χ1) is 8.53. The number of aliphatic hydroxyl groups is 1. The van der Waals surface area contributed by atoms with Crippen molar-refractivity contribution in [1.29, 1.82) is 0 Å². The van der Waals surface area contributed by atoms with Crippen LogP contribution in [-0.2, 0) is 4.74 Å². The van der Waals surface area contributed by atoms with E-state index >= 15 is 0 Å². The van der Waals surface area contributed by atoms with Crippen molar-refractivity contribution in [3.8, 4) is 5.88 Å². The summed E-state index contributed by atoms with van der Waals surface area (Å²) in [6, 6.07) is 0. The molecule has 0 aliphatic rings. The summed E-state index contributed by atoms with van der Waals surface area (Å²) in [7, 11) is 0. The zero-order valence-corrected chi connectivity index (χ0v) is 11.9. The second-order valence-corrected chi connectivity index (χ2v) is 5.09. The molecule has 1 unspecified atom stereocenters. The Morgan fingerprint density at radius 1 is 1.56 bits per heavy atom. The van der Waals surface area contributed by atoms with E-state index in [9.17, 15) is 5.11 Å². The average Bonchev–Trinajstić information content (AvgIpc) is 2.78. The van der Waals surface area contributed by atoms with Gasteiger partial charge in [-0.15, -0.1) is 4.37 Å². The van der Waals surface area contributed by atoms with E-state index in [-0.39, 0.29) is 12.2 Å². The van der Waals surface area contributed by atoms with Gasteiger partial charge < -0.3 is 19.9 Å². The monoisotopic (exact) mass is 275 g/mol. The van der Waals surface area contributed by atoms with E-state index in [1.165, 1.54) is 6.20 Å². The number of aromatic nitrogens is 2. The van der Waals surface area contributed by atoms with Crippen molar-refractivity contribution in [3.05, 3.63) is 6.20 Å². The number of hydrogen-bond donors (Lipinski definition) is 2. The molecule has 0 saturated heterocycles. The lowest BCUT2D eigenvalue weighted by Gasteiger charge is -2.25. The first-order valence-electron chi connectivity index (χ1n) is 5.96. The summed E-state index contributed by atoms with van der Waals surface area (Å²) in [5.41, 5.74) is -0.228. The zero-order chi connectivity index (χ0) is 13.4. The smallest absolute Gasteiger partial charge is 0.245 e. The molecular formula is C11H21N3O3S. The number of nitrogens with zero attached hydrogens (tertiary/aromatic N) is 2. The molecule has 2 N–H and O–H groups in total. The highest BCUT2D eigenvalue weighted by molar-refractivity contribution is 6.99. The van der Waals surface area contributed by atoms with Crippen LogP contribution in [0.3, 0.4) is 0 Å². The Kier molecular flexibility index (Phi) is 6.48. The summed E-state index contributed by atoms with van der Waals surface area (Å²) < 4.78 is 18.5. The molecule has 1 aromatic heterocycles. The van der Waals surface area contributed by atoms with Gasteiger partial charge in [0.25, 0.3) is 0 Å². The molecule has 1 aromatic rings. The van der Waals surface area contributed by atoms with Crippen LogP contribution in [-0.4, -0.2) is 51.9 Å². The van der Waals surface area contributed by atoms with Gasteiger partial charge in [-0.05, 0) is 20.8 Å². The zero-order valence-electron chi connectivity index (χ0n) is 11.0. The highest BCUT2D eigenvalue weighted by Gasteiger charge is 2.17. The molecule has 0 bridgehead atoms. The third-order valence-corrected chi connectivity index (χ3v) is 2.69. The van der Waals surface area contributed by atoms with Crippen LogP contribution < -0.4 is 10.1 Å². The predicted molar refractivity (Wildman–Crippen MR) is 70.0 cm³/mol. The molecule has 0 amide bonds. The number of hydrogen-bond acceptors (Lipinski definition) is 7. The molecule has 0 aromatic carbocycles. The van der Waals surface area contributed by atoms with Gasteiger partial charge in [-0.25, -0.2) is 0 Å². The fourth-order valence-corrected chi connectivity index (χ4v) is 1.81. The standard InChI is InChI=1S/C11H21N3O3S/c1-4-17-11(2,3)8-12-5-9(15)7-16-10-6-13-18-14-10/h6,9,12,15H,4-5,7-8H2,1-3H3. The van der Waals surface area contributed by atoms with E-state index in [0.717, 1.165) is 11.7 Å². The highest BCUT2D eigenvalue weighted by Crippen LogP contribution is 2.07. The van der Waals surface area contributed by atoms with E-state index in [1.807, 2.05) is 20.8 Å². The lowest BCUT2D eigenvalue weighted by Crippen LogP contribution is -2.41. The molecule has 0 fully saturated rings. The van der Waals surface area contributed by atoms with Crippen LogP contribution in [0.2, 0.25) is 0 Å². The van der Waals surface area contributed by atoms with Gasteiger partial charge in [0, 0.05) is 19.7 Å². The van der Waals surface area contributed by atoms with Crippen LogP contribution in [0.1, 0.15) is 20.8 Å². The van der Waals surface area contributed by atoms with Crippen molar-refractivity contribution in [3.63, 3.8) is 0 Å². The second-order valence-electron chi connectivity index (χ2n) is 4.53. The van der Waals surface area contributed by atoms with Crippen LogP contribution in [0.25, 0.3) is 0 Å². The van der Waals surface area contributed by atoms with Gasteiger partial charge in [0.1, 0.15) is 18.9 Å². The maximum absolute atomic E-state index is 9.70. The van der Waals surface area contributed by atoms with Gasteiger partial charge in [0.15, 0.2) is 0 Å². The third kappa shape index (κ3) is 6.25. The number of rotatable bonds is 9. The number of ether oxygens (including phenoxy) is 2. The molecule has 0 radical (unpaired) electrons.